The molecule has 0 amide bonds. The van der Waals surface area contributed by atoms with Crippen molar-refractivity contribution in [3.05, 3.63) is 29.3 Å². The number of benzene rings is 1. The maximum absolute atomic E-state index is 12.9. The quantitative estimate of drug-likeness (QED) is 0.796. The molecule has 0 N–H and O–H groups in total. The van der Waals surface area contributed by atoms with Crippen LogP contribution in [0, 0.1) is 6.92 Å². The van der Waals surface area contributed by atoms with Gasteiger partial charge in [0.25, 0.3) is 0 Å². The largest absolute Gasteiger partial charge is 0.305 e. The number of hydrogen-bond acceptors (Lipinski definition) is 3. The summed E-state index contributed by atoms with van der Waals surface area (Å²) in [6, 6.07) is 5.61. The average Bonchev–Trinajstić information content (AvgIpc) is 2.47. The van der Waals surface area contributed by atoms with E-state index in [0.717, 1.165) is 24.0 Å². The predicted molar refractivity (Wildman–Crippen MR) is 86.2 cm³/mol. The maximum atomic E-state index is 12.9. The third-order valence-electron chi connectivity index (χ3n) is 4.25. The minimum atomic E-state index is -3.44. The molecule has 0 saturated carbocycles. The van der Waals surface area contributed by atoms with Crippen molar-refractivity contribution in [2.24, 2.45) is 0 Å². The van der Waals surface area contributed by atoms with Crippen LogP contribution >= 0.6 is 11.6 Å². The summed E-state index contributed by atoms with van der Waals surface area (Å²) in [5, 5.41) is 0. The van der Waals surface area contributed by atoms with Crippen LogP contribution < -0.4 is 0 Å². The molecule has 6 heteroatoms. The highest BCUT2D eigenvalue weighted by atomic mass is 35.5. The van der Waals surface area contributed by atoms with Crippen LogP contribution in [0.1, 0.15) is 24.0 Å². The summed E-state index contributed by atoms with van der Waals surface area (Å²) in [5.41, 5.74) is 1.64. The van der Waals surface area contributed by atoms with Crippen molar-refractivity contribution in [3.63, 3.8) is 0 Å². The van der Waals surface area contributed by atoms with Crippen molar-refractivity contribution in [2.45, 2.75) is 36.6 Å². The predicted octanol–water partition coefficient (Wildman–Crippen LogP) is 2.45. The fourth-order valence-corrected chi connectivity index (χ4v) is 4.86. The lowest BCUT2D eigenvalue weighted by molar-refractivity contribution is 0.190. The summed E-state index contributed by atoms with van der Waals surface area (Å²) in [6.45, 7) is 2.98. The van der Waals surface area contributed by atoms with Crippen LogP contribution in [-0.2, 0) is 15.9 Å². The molecule has 1 heterocycles. The summed E-state index contributed by atoms with van der Waals surface area (Å²) >= 11 is 5.89. The molecule has 1 aromatic rings. The van der Waals surface area contributed by atoms with Crippen molar-refractivity contribution >= 4 is 21.6 Å². The van der Waals surface area contributed by atoms with E-state index in [1.165, 1.54) is 0 Å². The second-order valence-electron chi connectivity index (χ2n) is 5.80. The van der Waals surface area contributed by atoms with E-state index in [1.54, 1.807) is 16.4 Å². The molecule has 4 nitrogen and oxygen atoms in total. The highest BCUT2D eigenvalue weighted by Crippen LogP contribution is 2.26. The van der Waals surface area contributed by atoms with E-state index in [2.05, 4.69) is 4.90 Å². The Kier molecular flexibility index (Phi) is 5.30. The van der Waals surface area contributed by atoms with Crippen LogP contribution in [0.25, 0.3) is 0 Å². The number of sulfonamides is 1. The maximum Gasteiger partial charge on any atom is 0.243 e. The van der Waals surface area contributed by atoms with E-state index in [9.17, 15) is 8.42 Å². The lowest BCUT2D eigenvalue weighted by Crippen LogP contribution is -2.47. The second-order valence-corrected chi connectivity index (χ2v) is 7.97. The number of halogens is 1. The van der Waals surface area contributed by atoms with Crippen LogP contribution in [0.15, 0.2) is 23.1 Å². The smallest absolute Gasteiger partial charge is 0.243 e. The molecule has 118 valence electrons. The SMILES string of the molecule is Cc1c(CCl)cccc1S(=O)(=O)N1CCCC(N(C)C)C1. The molecule has 21 heavy (non-hydrogen) atoms. The highest BCUT2D eigenvalue weighted by molar-refractivity contribution is 7.89. The van der Waals surface area contributed by atoms with Gasteiger partial charge in [-0.05, 0) is 51.1 Å². The fraction of sp³-hybridized carbons (Fsp3) is 0.600. The molecular weight excluding hydrogens is 308 g/mol. The van der Waals surface area contributed by atoms with E-state index in [0.29, 0.717) is 23.9 Å². The first-order valence-electron chi connectivity index (χ1n) is 7.19. The first-order valence-corrected chi connectivity index (χ1v) is 9.16. The third-order valence-corrected chi connectivity index (χ3v) is 6.55. The zero-order valence-corrected chi connectivity index (χ0v) is 14.4. The third kappa shape index (κ3) is 3.42. The molecule has 1 fully saturated rings. The molecule has 1 aliphatic rings. The number of nitrogens with zero attached hydrogens (tertiary/aromatic N) is 2. The summed E-state index contributed by atoms with van der Waals surface area (Å²) in [5.74, 6) is 0.329. The fourth-order valence-electron chi connectivity index (χ4n) is 2.78. The monoisotopic (exact) mass is 330 g/mol. The minimum absolute atomic E-state index is 0.282. The van der Waals surface area contributed by atoms with Gasteiger partial charge in [0.1, 0.15) is 0 Å². The molecule has 0 bridgehead atoms. The van der Waals surface area contributed by atoms with Crippen molar-refractivity contribution in [1.82, 2.24) is 9.21 Å². The molecule has 0 spiro atoms. The van der Waals surface area contributed by atoms with Crippen LogP contribution in [-0.4, -0.2) is 50.8 Å². The van der Waals surface area contributed by atoms with E-state index in [-0.39, 0.29) is 6.04 Å². The summed E-state index contributed by atoms with van der Waals surface area (Å²) in [7, 11) is 0.557. The molecule has 1 aliphatic heterocycles. The molecular formula is C15H23ClN2O2S. The zero-order chi connectivity index (χ0) is 15.6. The zero-order valence-electron chi connectivity index (χ0n) is 12.8. The van der Waals surface area contributed by atoms with Gasteiger partial charge in [0.2, 0.25) is 10.0 Å². The Balaban J connectivity index is 2.34. The van der Waals surface area contributed by atoms with Gasteiger partial charge in [-0.2, -0.15) is 4.31 Å². The van der Waals surface area contributed by atoms with Gasteiger partial charge in [0, 0.05) is 25.0 Å². The Morgan fingerprint density at radius 2 is 2.10 bits per heavy atom. The standard InChI is InChI=1S/C15H23ClN2O2S/c1-12-13(10-16)6-4-8-15(12)21(19,20)18-9-5-7-14(11-18)17(2)3/h4,6,8,14H,5,7,9-11H2,1-3H3. The first-order chi connectivity index (χ1) is 9.87. The molecule has 1 unspecified atom stereocenters. The number of alkyl halides is 1. The molecule has 1 saturated heterocycles. The lowest BCUT2D eigenvalue weighted by atomic mass is 10.1. The Morgan fingerprint density at radius 3 is 2.71 bits per heavy atom. The normalized spacial score (nSPS) is 20.9. The molecule has 1 aromatic carbocycles. The summed E-state index contributed by atoms with van der Waals surface area (Å²) < 4.78 is 27.4. The van der Waals surface area contributed by atoms with E-state index < -0.39 is 10.0 Å². The molecule has 2 rings (SSSR count). The average molecular weight is 331 g/mol. The topological polar surface area (TPSA) is 40.6 Å². The Bertz CT molecular complexity index is 602. The van der Waals surface area contributed by atoms with Crippen molar-refractivity contribution in [3.8, 4) is 0 Å². The van der Waals surface area contributed by atoms with Gasteiger partial charge in [-0.15, -0.1) is 11.6 Å². The van der Waals surface area contributed by atoms with Crippen LogP contribution in [0.3, 0.4) is 0 Å². The molecule has 1 atom stereocenters. The van der Waals surface area contributed by atoms with Gasteiger partial charge >= 0.3 is 0 Å². The van der Waals surface area contributed by atoms with Gasteiger partial charge in [-0.25, -0.2) is 8.42 Å². The second kappa shape index (κ2) is 6.65. The van der Waals surface area contributed by atoms with E-state index >= 15 is 0 Å². The van der Waals surface area contributed by atoms with E-state index in [1.807, 2.05) is 27.1 Å². The lowest BCUT2D eigenvalue weighted by Gasteiger charge is -2.35. The number of rotatable bonds is 4. The minimum Gasteiger partial charge on any atom is -0.305 e. The van der Waals surface area contributed by atoms with Crippen LogP contribution in [0.4, 0.5) is 0 Å². The van der Waals surface area contributed by atoms with E-state index in [4.69, 9.17) is 11.6 Å². The Hall–Kier alpha value is -0.620. The number of piperidine rings is 1. The van der Waals surface area contributed by atoms with Crippen LogP contribution in [0.5, 0.6) is 0 Å². The highest BCUT2D eigenvalue weighted by Gasteiger charge is 2.32. The first kappa shape index (κ1) is 16.7. The van der Waals surface area contributed by atoms with Gasteiger partial charge in [0.05, 0.1) is 4.90 Å². The van der Waals surface area contributed by atoms with Gasteiger partial charge in [-0.1, -0.05) is 12.1 Å². The number of hydrogen-bond donors (Lipinski definition) is 0. The molecule has 0 aromatic heterocycles. The summed E-state index contributed by atoms with van der Waals surface area (Å²) in [4.78, 5) is 2.49. The van der Waals surface area contributed by atoms with Crippen molar-refractivity contribution in [1.29, 1.82) is 0 Å². The Morgan fingerprint density at radius 1 is 1.38 bits per heavy atom. The molecule has 0 aliphatic carbocycles. The van der Waals surface area contributed by atoms with Gasteiger partial charge in [0.15, 0.2) is 0 Å². The Labute approximate surface area is 132 Å². The van der Waals surface area contributed by atoms with Crippen molar-refractivity contribution < 1.29 is 8.42 Å². The van der Waals surface area contributed by atoms with Crippen LogP contribution in [0.2, 0.25) is 0 Å². The summed E-state index contributed by atoms with van der Waals surface area (Å²) in [6.07, 6.45) is 1.94. The number of likely N-dealkylation sites (N-methyl/N-ethyl adjacent to an activating group) is 1. The van der Waals surface area contributed by atoms with Crippen molar-refractivity contribution in [2.75, 3.05) is 27.2 Å². The molecule has 0 radical (unpaired) electrons. The van der Waals surface area contributed by atoms with Gasteiger partial charge in [-0.3, -0.25) is 0 Å². The van der Waals surface area contributed by atoms with Gasteiger partial charge < -0.3 is 4.90 Å².